The first-order valence-corrected chi connectivity index (χ1v) is 9.54. The molecule has 6 heteroatoms. The molecular weight excluding hydrogens is 338 g/mol. The third-order valence-corrected chi connectivity index (χ3v) is 5.32. The molecule has 2 aliphatic heterocycles. The maximum Gasteiger partial charge on any atom is 0.137 e. The van der Waals surface area contributed by atoms with E-state index in [9.17, 15) is 0 Å². The molecule has 1 N–H and O–H groups in total. The predicted octanol–water partition coefficient (Wildman–Crippen LogP) is 2.73. The van der Waals surface area contributed by atoms with Gasteiger partial charge in [-0.1, -0.05) is 6.07 Å². The number of nitrogens with zero attached hydrogens (tertiary/aromatic N) is 4. The van der Waals surface area contributed by atoms with Gasteiger partial charge in [-0.2, -0.15) is 0 Å². The molecular formula is C21H23N5O. The van der Waals surface area contributed by atoms with E-state index in [0.717, 1.165) is 74.4 Å². The normalized spacial score (nSPS) is 17.0. The van der Waals surface area contributed by atoms with E-state index in [2.05, 4.69) is 44.0 Å². The molecule has 0 radical (unpaired) electrons. The van der Waals surface area contributed by atoms with Gasteiger partial charge < -0.3 is 14.6 Å². The Morgan fingerprint density at radius 2 is 2.00 bits per heavy atom. The molecule has 0 saturated carbocycles. The summed E-state index contributed by atoms with van der Waals surface area (Å²) in [5.74, 6) is 3.02. The van der Waals surface area contributed by atoms with Crippen LogP contribution in [-0.2, 0) is 13.0 Å². The van der Waals surface area contributed by atoms with Crippen molar-refractivity contribution in [3.63, 3.8) is 0 Å². The van der Waals surface area contributed by atoms with Crippen molar-refractivity contribution in [2.24, 2.45) is 0 Å². The van der Waals surface area contributed by atoms with E-state index in [1.54, 1.807) is 0 Å². The topological polar surface area (TPSA) is 57.3 Å². The smallest absolute Gasteiger partial charge is 0.137 e. The molecule has 1 aromatic carbocycles. The Kier molecular flexibility index (Phi) is 4.26. The first-order valence-electron chi connectivity index (χ1n) is 9.54. The van der Waals surface area contributed by atoms with E-state index in [1.165, 1.54) is 5.56 Å². The van der Waals surface area contributed by atoms with Crippen LogP contribution < -0.4 is 9.64 Å². The van der Waals surface area contributed by atoms with Crippen LogP contribution in [0.5, 0.6) is 5.75 Å². The predicted molar refractivity (Wildman–Crippen MR) is 105 cm³/mol. The van der Waals surface area contributed by atoms with Gasteiger partial charge in [-0.15, -0.1) is 0 Å². The monoisotopic (exact) mass is 361 g/mol. The highest BCUT2D eigenvalue weighted by molar-refractivity contribution is 5.59. The molecule has 0 amide bonds. The van der Waals surface area contributed by atoms with Crippen molar-refractivity contribution in [1.82, 2.24) is 19.9 Å². The molecule has 2 aromatic heterocycles. The van der Waals surface area contributed by atoms with Gasteiger partial charge in [0.25, 0.3) is 0 Å². The van der Waals surface area contributed by atoms with Crippen LogP contribution in [0, 0.1) is 0 Å². The summed E-state index contributed by atoms with van der Waals surface area (Å²) >= 11 is 0. The Hall–Kier alpha value is -2.86. The summed E-state index contributed by atoms with van der Waals surface area (Å²) in [6, 6.07) is 12.4. The summed E-state index contributed by atoms with van der Waals surface area (Å²) in [6.45, 7) is 5.70. The fourth-order valence-corrected chi connectivity index (χ4v) is 3.83. The number of benzene rings is 1. The van der Waals surface area contributed by atoms with Gasteiger partial charge in [0.1, 0.15) is 17.4 Å². The number of pyridine rings is 1. The number of piperazine rings is 1. The zero-order valence-corrected chi connectivity index (χ0v) is 15.3. The number of ether oxygens (including phenoxy) is 1. The third-order valence-electron chi connectivity index (χ3n) is 5.32. The zero-order valence-electron chi connectivity index (χ0n) is 15.3. The van der Waals surface area contributed by atoms with Gasteiger partial charge in [-0.25, -0.2) is 9.97 Å². The molecule has 2 aliphatic rings. The summed E-state index contributed by atoms with van der Waals surface area (Å²) < 4.78 is 5.59. The van der Waals surface area contributed by atoms with Crippen LogP contribution in [0.15, 0.2) is 48.8 Å². The van der Waals surface area contributed by atoms with Crippen LogP contribution in [0.3, 0.4) is 0 Å². The number of hydrogen-bond acceptors (Lipinski definition) is 5. The van der Waals surface area contributed by atoms with Gasteiger partial charge in [0.05, 0.1) is 12.3 Å². The average molecular weight is 361 g/mol. The molecule has 138 valence electrons. The SMILES string of the molecule is c1ccc(N2CCN(Cc3c[nH]c(-c4ccc5c(c4)CCO5)n3)CC2)nc1. The summed E-state index contributed by atoms with van der Waals surface area (Å²) in [7, 11) is 0. The van der Waals surface area contributed by atoms with Gasteiger partial charge in [0.2, 0.25) is 0 Å². The second-order valence-electron chi connectivity index (χ2n) is 7.11. The molecule has 1 saturated heterocycles. The summed E-state index contributed by atoms with van der Waals surface area (Å²) in [6.07, 6.45) is 4.87. The molecule has 0 bridgehead atoms. The summed E-state index contributed by atoms with van der Waals surface area (Å²) in [4.78, 5) is 17.4. The Bertz CT molecular complexity index is 915. The Morgan fingerprint density at radius 1 is 1.07 bits per heavy atom. The molecule has 0 aliphatic carbocycles. The van der Waals surface area contributed by atoms with E-state index in [1.807, 2.05) is 24.5 Å². The average Bonchev–Trinajstić information content (AvgIpc) is 3.38. The van der Waals surface area contributed by atoms with Gasteiger partial charge in [0.15, 0.2) is 0 Å². The standard InChI is InChI=1S/C21H23N5O/c1-2-7-22-20(3-1)26-10-8-25(9-11-26)15-18-14-23-21(24-18)17-4-5-19-16(13-17)6-12-27-19/h1-5,7,13-14H,6,8-12,15H2,(H,23,24). The third kappa shape index (κ3) is 3.40. The van der Waals surface area contributed by atoms with E-state index in [4.69, 9.17) is 9.72 Å². The van der Waals surface area contributed by atoms with Gasteiger partial charge >= 0.3 is 0 Å². The number of rotatable bonds is 4. The van der Waals surface area contributed by atoms with Crippen LogP contribution in [0.2, 0.25) is 0 Å². The first-order chi connectivity index (χ1) is 13.3. The molecule has 0 atom stereocenters. The van der Waals surface area contributed by atoms with Crippen LogP contribution in [0.4, 0.5) is 5.82 Å². The second kappa shape index (κ2) is 7.04. The van der Waals surface area contributed by atoms with Crippen molar-refractivity contribution in [3.8, 4) is 17.1 Å². The highest BCUT2D eigenvalue weighted by Gasteiger charge is 2.19. The van der Waals surface area contributed by atoms with Crippen LogP contribution in [0.1, 0.15) is 11.3 Å². The van der Waals surface area contributed by atoms with Crippen LogP contribution >= 0.6 is 0 Å². The van der Waals surface area contributed by atoms with E-state index < -0.39 is 0 Å². The van der Waals surface area contributed by atoms with Crippen molar-refractivity contribution >= 4 is 5.82 Å². The Balaban J connectivity index is 1.22. The van der Waals surface area contributed by atoms with E-state index in [-0.39, 0.29) is 0 Å². The number of aromatic amines is 1. The minimum atomic E-state index is 0.784. The number of H-pyrrole nitrogens is 1. The maximum absolute atomic E-state index is 5.59. The van der Waals surface area contributed by atoms with Crippen molar-refractivity contribution in [3.05, 3.63) is 60.0 Å². The number of aromatic nitrogens is 3. The largest absolute Gasteiger partial charge is 0.493 e. The summed E-state index contributed by atoms with van der Waals surface area (Å²) in [5.41, 5.74) is 3.49. The Labute approximate surface area is 158 Å². The second-order valence-corrected chi connectivity index (χ2v) is 7.11. The van der Waals surface area contributed by atoms with Crippen LogP contribution in [-0.4, -0.2) is 52.6 Å². The molecule has 5 rings (SSSR count). The molecule has 3 aromatic rings. The zero-order chi connectivity index (χ0) is 18.1. The van der Waals surface area contributed by atoms with Crippen molar-refractivity contribution in [2.45, 2.75) is 13.0 Å². The molecule has 27 heavy (non-hydrogen) atoms. The minimum absolute atomic E-state index is 0.784. The van der Waals surface area contributed by atoms with Crippen molar-refractivity contribution < 1.29 is 4.74 Å². The number of imidazole rings is 1. The van der Waals surface area contributed by atoms with Crippen molar-refractivity contribution in [1.29, 1.82) is 0 Å². The van der Waals surface area contributed by atoms with Gasteiger partial charge in [0, 0.05) is 57.1 Å². The lowest BCUT2D eigenvalue weighted by molar-refractivity contribution is 0.247. The summed E-state index contributed by atoms with van der Waals surface area (Å²) in [5, 5.41) is 0. The molecule has 1 fully saturated rings. The van der Waals surface area contributed by atoms with E-state index in [0.29, 0.717) is 0 Å². The fraction of sp³-hybridized carbons (Fsp3) is 0.333. The Morgan fingerprint density at radius 3 is 2.85 bits per heavy atom. The molecule has 0 unspecified atom stereocenters. The lowest BCUT2D eigenvalue weighted by atomic mass is 10.1. The molecule has 6 nitrogen and oxygen atoms in total. The quantitative estimate of drug-likeness (QED) is 0.774. The highest BCUT2D eigenvalue weighted by atomic mass is 16.5. The first kappa shape index (κ1) is 16.3. The maximum atomic E-state index is 5.59. The number of fused-ring (bicyclic) bond motifs is 1. The lowest BCUT2D eigenvalue weighted by Crippen LogP contribution is -2.46. The minimum Gasteiger partial charge on any atom is -0.493 e. The lowest BCUT2D eigenvalue weighted by Gasteiger charge is -2.35. The number of nitrogens with one attached hydrogen (secondary N) is 1. The van der Waals surface area contributed by atoms with E-state index >= 15 is 0 Å². The fourth-order valence-electron chi connectivity index (χ4n) is 3.83. The number of hydrogen-bond donors (Lipinski definition) is 1. The van der Waals surface area contributed by atoms with Gasteiger partial charge in [-0.05, 0) is 35.9 Å². The molecule has 4 heterocycles. The van der Waals surface area contributed by atoms with Crippen molar-refractivity contribution in [2.75, 3.05) is 37.7 Å². The number of anilines is 1. The highest BCUT2D eigenvalue weighted by Crippen LogP contribution is 2.29. The van der Waals surface area contributed by atoms with Gasteiger partial charge in [-0.3, -0.25) is 4.90 Å². The van der Waals surface area contributed by atoms with Crippen LogP contribution in [0.25, 0.3) is 11.4 Å². The molecule has 0 spiro atoms.